The summed E-state index contributed by atoms with van der Waals surface area (Å²) < 4.78 is 2.07. The number of aryl methyl sites for hydroxylation is 1. The van der Waals surface area contributed by atoms with E-state index in [-0.39, 0.29) is 0 Å². The van der Waals surface area contributed by atoms with Gasteiger partial charge in [-0.25, -0.2) is 4.98 Å². The van der Waals surface area contributed by atoms with Gasteiger partial charge in [0.1, 0.15) is 5.65 Å². The standard InChI is InChI=1S/C12H16N2/c1-4-9(2)10-5-7-13-12-11(10)6-8-14(12)3/h5-9H,4H2,1-3H3. The second-order valence-electron chi connectivity index (χ2n) is 3.87. The number of fused-ring (bicyclic) bond motifs is 1. The van der Waals surface area contributed by atoms with Crippen molar-refractivity contribution in [2.24, 2.45) is 7.05 Å². The Bertz CT molecular complexity index is 443. The van der Waals surface area contributed by atoms with Crippen LogP contribution >= 0.6 is 0 Å². The Kier molecular flexibility index (Phi) is 2.28. The zero-order valence-corrected chi connectivity index (χ0v) is 8.99. The highest BCUT2D eigenvalue weighted by molar-refractivity contribution is 5.80. The summed E-state index contributed by atoms with van der Waals surface area (Å²) in [6.45, 7) is 4.49. The molecule has 0 aliphatic heterocycles. The predicted molar refractivity (Wildman–Crippen MR) is 59.4 cm³/mol. The molecule has 14 heavy (non-hydrogen) atoms. The van der Waals surface area contributed by atoms with Crippen molar-refractivity contribution in [2.75, 3.05) is 0 Å². The highest BCUT2D eigenvalue weighted by atomic mass is 15.0. The topological polar surface area (TPSA) is 17.8 Å². The molecule has 2 aromatic rings. The smallest absolute Gasteiger partial charge is 0.139 e. The second kappa shape index (κ2) is 3.45. The summed E-state index contributed by atoms with van der Waals surface area (Å²) in [5.74, 6) is 0.614. The normalized spacial score (nSPS) is 13.4. The number of pyridine rings is 1. The molecule has 2 heterocycles. The maximum Gasteiger partial charge on any atom is 0.139 e. The lowest BCUT2D eigenvalue weighted by Crippen LogP contribution is -1.94. The van der Waals surface area contributed by atoms with Crippen LogP contribution in [0, 0.1) is 0 Å². The lowest BCUT2D eigenvalue weighted by molar-refractivity contribution is 0.738. The van der Waals surface area contributed by atoms with Crippen molar-refractivity contribution in [3.05, 3.63) is 30.1 Å². The van der Waals surface area contributed by atoms with Gasteiger partial charge in [-0.3, -0.25) is 0 Å². The van der Waals surface area contributed by atoms with Gasteiger partial charge in [-0.2, -0.15) is 0 Å². The van der Waals surface area contributed by atoms with Crippen molar-refractivity contribution >= 4 is 11.0 Å². The molecule has 0 saturated carbocycles. The minimum Gasteiger partial charge on any atom is -0.336 e. The zero-order valence-electron chi connectivity index (χ0n) is 8.99. The Morgan fingerprint density at radius 1 is 1.43 bits per heavy atom. The van der Waals surface area contributed by atoms with Crippen LogP contribution in [0.3, 0.4) is 0 Å². The molecule has 0 aromatic carbocycles. The van der Waals surface area contributed by atoms with Crippen molar-refractivity contribution in [1.29, 1.82) is 0 Å². The summed E-state index contributed by atoms with van der Waals surface area (Å²) in [5.41, 5.74) is 2.50. The molecule has 2 heteroatoms. The molecule has 2 aromatic heterocycles. The van der Waals surface area contributed by atoms with Crippen LogP contribution in [0.4, 0.5) is 0 Å². The van der Waals surface area contributed by atoms with Crippen LogP contribution in [0.15, 0.2) is 24.5 Å². The van der Waals surface area contributed by atoms with E-state index in [1.807, 2.05) is 13.2 Å². The Balaban J connectivity index is 2.65. The van der Waals surface area contributed by atoms with E-state index in [1.165, 1.54) is 17.4 Å². The summed E-state index contributed by atoms with van der Waals surface area (Å²) in [6, 6.07) is 4.29. The maximum absolute atomic E-state index is 4.38. The molecule has 0 bridgehead atoms. The predicted octanol–water partition coefficient (Wildman–Crippen LogP) is 3.09. The Labute approximate surface area is 84.6 Å². The van der Waals surface area contributed by atoms with E-state index in [0.717, 1.165) is 5.65 Å². The van der Waals surface area contributed by atoms with E-state index < -0.39 is 0 Å². The van der Waals surface area contributed by atoms with Gasteiger partial charge in [0.05, 0.1) is 0 Å². The van der Waals surface area contributed by atoms with Gasteiger partial charge < -0.3 is 4.57 Å². The third-order valence-electron chi connectivity index (χ3n) is 2.95. The lowest BCUT2D eigenvalue weighted by atomic mass is 9.97. The molecule has 0 fully saturated rings. The first-order valence-electron chi connectivity index (χ1n) is 5.14. The zero-order chi connectivity index (χ0) is 10.1. The van der Waals surface area contributed by atoms with Crippen molar-refractivity contribution in [3.63, 3.8) is 0 Å². The van der Waals surface area contributed by atoms with E-state index in [0.29, 0.717) is 5.92 Å². The molecule has 0 saturated heterocycles. The first kappa shape index (κ1) is 9.25. The van der Waals surface area contributed by atoms with Crippen LogP contribution < -0.4 is 0 Å². The monoisotopic (exact) mass is 188 g/mol. The van der Waals surface area contributed by atoms with E-state index in [1.54, 1.807) is 0 Å². The van der Waals surface area contributed by atoms with Crippen LogP contribution in [0.2, 0.25) is 0 Å². The lowest BCUT2D eigenvalue weighted by Gasteiger charge is -2.09. The molecule has 0 aliphatic rings. The van der Waals surface area contributed by atoms with Gasteiger partial charge in [0.15, 0.2) is 0 Å². The van der Waals surface area contributed by atoms with Crippen LogP contribution in [-0.2, 0) is 7.05 Å². The van der Waals surface area contributed by atoms with E-state index in [2.05, 4.69) is 41.7 Å². The third kappa shape index (κ3) is 1.31. The molecule has 74 valence electrons. The van der Waals surface area contributed by atoms with Gasteiger partial charge >= 0.3 is 0 Å². The SMILES string of the molecule is CCC(C)c1ccnc2c1ccn2C. The molecular formula is C12H16N2. The maximum atomic E-state index is 4.38. The number of hydrogen-bond donors (Lipinski definition) is 0. The number of nitrogens with zero attached hydrogens (tertiary/aromatic N) is 2. The average Bonchev–Trinajstić information content (AvgIpc) is 2.59. The molecule has 0 amide bonds. The van der Waals surface area contributed by atoms with Crippen LogP contribution in [0.5, 0.6) is 0 Å². The number of rotatable bonds is 2. The molecule has 1 atom stereocenters. The first-order valence-corrected chi connectivity index (χ1v) is 5.14. The van der Waals surface area contributed by atoms with Gasteiger partial charge in [-0.05, 0) is 30.0 Å². The van der Waals surface area contributed by atoms with E-state index >= 15 is 0 Å². The fraction of sp³-hybridized carbons (Fsp3) is 0.417. The fourth-order valence-electron chi connectivity index (χ4n) is 1.83. The van der Waals surface area contributed by atoms with Gasteiger partial charge in [0, 0.05) is 24.8 Å². The Hall–Kier alpha value is -1.31. The van der Waals surface area contributed by atoms with E-state index in [4.69, 9.17) is 0 Å². The Morgan fingerprint density at radius 2 is 2.21 bits per heavy atom. The van der Waals surface area contributed by atoms with Crippen LogP contribution in [0.1, 0.15) is 31.7 Å². The third-order valence-corrected chi connectivity index (χ3v) is 2.95. The first-order chi connectivity index (χ1) is 6.74. The van der Waals surface area contributed by atoms with Gasteiger partial charge in [-0.15, -0.1) is 0 Å². The highest BCUT2D eigenvalue weighted by Gasteiger charge is 2.09. The summed E-state index contributed by atoms with van der Waals surface area (Å²) in [4.78, 5) is 4.38. The van der Waals surface area contributed by atoms with Crippen molar-refractivity contribution in [2.45, 2.75) is 26.2 Å². The minimum absolute atomic E-state index is 0.614. The van der Waals surface area contributed by atoms with E-state index in [9.17, 15) is 0 Å². The quantitative estimate of drug-likeness (QED) is 0.708. The summed E-state index contributed by atoms with van der Waals surface area (Å²) >= 11 is 0. The molecule has 2 rings (SSSR count). The van der Waals surface area contributed by atoms with Gasteiger partial charge in [0.25, 0.3) is 0 Å². The Morgan fingerprint density at radius 3 is 2.93 bits per heavy atom. The summed E-state index contributed by atoms with van der Waals surface area (Å²) in [7, 11) is 2.04. The van der Waals surface area contributed by atoms with Crippen molar-refractivity contribution in [3.8, 4) is 0 Å². The fourth-order valence-corrected chi connectivity index (χ4v) is 1.83. The summed E-state index contributed by atoms with van der Waals surface area (Å²) in [5, 5.41) is 1.30. The van der Waals surface area contributed by atoms with Crippen LogP contribution in [-0.4, -0.2) is 9.55 Å². The summed E-state index contributed by atoms with van der Waals surface area (Å²) in [6.07, 6.45) is 5.15. The van der Waals surface area contributed by atoms with Gasteiger partial charge in [-0.1, -0.05) is 13.8 Å². The minimum atomic E-state index is 0.614. The van der Waals surface area contributed by atoms with Gasteiger partial charge in [0.2, 0.25) is 0 Å². The average molecular weight is 188 g/mol. The molecule has 0 N–H and O–H groups in total. The molecule has 2 nitrogen and oxygen atoms in total. The molecule has 0 radical (unpaired) electrons. The molecular weight excluding hydrogens is 172 g/mol. The number of aromatic nitrogens is 2. The molecule has 0 spiro atoms. The highest BCUT2D eigenvalue weighted by Crippen LogP contribution is 2.26. The largest absolute Gasteiger partial charge is 0.336 e. The van der Waals surface area contributed by atoms with Crippen molar-refractivity contribution < 1.29 is 0 Å². The number of hydrogen-bond acceptors (Lipinski definition) is 1. The second-order valence-corrected chi connectivity index (χ2v) is 3.87. The molecule has 0 aliphatic carbocycles. The van der Waals surface area contributed by atoms with Crippen molar-refractivity contribution in [1.82, 2.24) is 9.55 Å². The van der Waals surface area contributed by atoms with Crippen LogP contribution in [0.25, 0.3) is 11.0 Å². The molecule has 1 unspecified atom stereocenters.